The monoisotopic (exact) mass is 245 g/mol. The molecule has 0 spiro atoms. The molecule has 0 N–H and O–H groups in total. The summed E-state index contributed by atoms with van der Waals surface area (Å²) in [6.45, 7) is 0. The van der Waals surface area contributed by atoms with Gasteiger partial charge in [0.25, 0.3) is 0 Å². The third kappa shape index (κ3) is 1.23. The van der Waals surface area contributed by atoms with E-state index in [-0.39, 0.29) is 5.56 Å². The van der Waals surface area contributed by atoms with E-state index >= 15 is 0 Å². The number of rotatable bonds is 0. The van der Waals surface area contributed by atoms with E-state index < -0.39 is 5.63 Å². The fraction of sp³-hybridized carbons (Fsp3) is 0. The lowest BCUT2D eigenvalue weighted by Crippen LogP contribution is -1.98. The van der Waals surface area contributed by atoms with Crippen molar-refractivity contribution in [3.63, 3.8) is 0 Å². The first-order valence-corrected chi connectivity index (χ1v) is 5.90. The van der Waals surface area contributed by atoms with Crippen molar-refractivity contribution in [1.82, 2.24) is 0 Å². The van der Waals surface area contributed by atoms with Gasteiger partial charge in [0.2, 0.25) is 0 Å². The van der Waals surface area contributed by atoms with Gasteiger partial charge in [-0.25, -0.2) is 4.79 Å². The number of hydrogen-bond acceptors (Lipinski definition) is 3. The van der Waals surface area contributed by atoms with Gasteiger partial charge in [-0.3, -0.25) is 0 Å². The van der Waals surface area contributed by atoms with Gasteiger partial charge < -0.3 is 4.42 Å². The van der Waals surface area contributed by atoms with Gasteiger partial charge in [0, 0.05) is 10.8 Å². The Morgan fingerprint density at radius 2 is 1.53 bits per heavy atom. The molecule has 0 atom stereocenters. The maximum Gasteiger partial charge on any atom is 0.354 e. The van der Waals surface area contributed by atoms with Crippen LogP contribution < -0.4 is 5.63 Å². The van der Waals surface area contributed by atoms with Gasteiger partial charge in [-0.05, 0) is 28.3 Å². The molecule has 0 fully saturated rings. The van der Waals surface area contributed by atoms with Crippen LogP contribution in [0.15, 0.2) is 51.7 Å². The Hall–Kier alpha value is -2.86. The highest BCUT2D eigenvalue weighted by atomic mass is 16.4. The van der Waals surface area contributed by atoms with Crippen LogP contribution in [0.4, 0.5) is 0 Å². The minimum atomic E-state index is -0.596. The lowest BCUT2D eigenvalue weighted by molar-refractivity contribution is 0.563. The van der Waals surface area contributed by atoms with E-state index in [0.717, 1.165) is 26.9 Å². The molecular weight excluding hydrogens is 238 g/mol. The largest absolute Gasteiger partial charge is 0.422 e. The maximum absolute atomic E-state index is 11.8. The molecule has 0 amide bonds. The molecule has 4 aromatic rings. The highest BCUT2D eigenvalue weighted by Gasteiger charge is 2.11. The van der Waals surface area contributed by atoms with E-state index in [9.17, 15) is 4.79 Å². The molecule has 3 aromatic carbocycles. The zero-order valence-corrected chi connectivity index (χ0v) is 9.81. The van der Waals surface area contributed by atoms with Crippen LogP contribution >= 0.6 is 0 Å². The molecule has 1 aromatic heterocycles. The van der Waals surface area contributed by atoms with E-state index in [1.165, 1.54) is 0 Å². The Labute approximate surface area is 107 Å². The van der Waals surface area contributed by atoms with Crippen molar-refractivity contribution in [3.8, 4) is 6.07 Å². The van der Waals surface area contributed by atoms with Crippen molar-refractivity contribution < 1.29 is 4.42 Å². The van der Waals surface area contributed by atoms with E-state index in [1.807, 2.05) is 36.4 Å². The quantitative estimate of drug-likeness (QED) is 0.477. The number of nitrogens with zero attached hydrogens (tertiary/aromatic N) is 1. The summed E-state index contributed by atoms with van der Waals surface area (Å²) >= 11 is 0. The zero-order chi connectivity index (χ0) is 13.0. The fourth-order valence-electron chi connectivity index (χ4n) is 2.65. The lowest BCUT2D eigenvalue weighted by Gasteiger charge is -2.01. The Bertz CT molecular complexity index is 1020. The Morgan fingerprint density at radius 1 is 0.895 bits per heavy atom. The summed E-state index contributed by atoms with van der Waals surface area (Å²) in [5.41, 5.74) is -0.0497. The minimum absolute atomic E-state index is 0.0269. The predicted molar refractivity (Wildman–Crippen MR) is 73.4 cm³/mol. The molecule has 0 saturated carbocycles. The summed E-state index contributed by atoms with van der Waals surface area (Å²) < 4.78 is 5.31. The van der Waals surface area contributed by atoms with Crippen molar-refractivity contribution in [3.05, 3.63) is 58.4 Å². The number of benzene rings is 2. The van der Waals surface area contributed by atoms with Gasteiger partial charge in [-0.2, -0.15) is 5.26 Å². The van der Waals surface area contributed by atoms with Crippen molar-refractivity contribution in [1.29, 1.82) is 5.26 Å². The predicted octanol–water partition coefficient (Wildman–Crippen LogP) is 3.41. The van der Waals surface area contributed by atoms with E-state index in [0.29, 0.717) is 5.58 Å². The summed E-state index contributed by atoms with van der Waals surface area (Å²) in [5, 5.41) is 14.1. The van der Waals surface area contributed by atoms with Crippen LogP contribution in [0.5, 0.6) is 0 Å². The summed E-state index contributed by atoms with van der Waals surface area (Å²) in [4.78, 5) is 11.8. The third-order valence-corrected chi connectivity index (χ3v) is 3.50. The second-order valence-electron chi connectivity index (χ2n) is 4.54. The van der Waals surface area contributed by atoms with Crippen LogP contribution in [0, 0.1) is 11.3 Å². The molecule has 88 valence electrons. The zero-order valence-electron chi connectivity index (χ0n) is 9.81. The van der Waals surface area contributed by atoms with Gasteiger partial charge in [-0.15, -0.1) is 0 Å². The first kappa shape index (κ1) is 10.1. The molecule has 1 heterocycles. The molecule has 0 aliphatic carbocycles. The molecular formula is C16H7NO2. The fourth-order valence-corrected chi connectivity index (χ4v) is 2.65. The van der Waals surface area contributed by atoms with Crippen LogP contribution in [0.3, 0.4) is 0 Å². The SMILES string of the molecule is N#Cc1cc2ccc3ccc4ccc(oc1=O)c2c34. The van der Waals surface area contributed by atoms with E-state index in [2.05, 4.69) is 0 Å². The minimum Gasteiger partial charge on any atom is -0.422 e. The van der Waals surface area contributed by atoms with Crippen LogP contribution in [-0.2, 0) is 0 Å². The molecule has 0 unspecified atom stereocenters. The highest BCUT2D eigenvalue weighted by molar-refractivity contribution is 6.22. The average molecular weight is 245 g/mol. The Morgan fingerprint density at radius 3 is 2.21 bits per heavy atom. The molecule has 0 bridgehead atoms. The Balaban J connectivity index is 2.46. The summed E-state index contributed by atoms with van der Waals surface area (Å²) in [7, 11) is 0. The highest BCUT2D eigenvalue weighted by Crippen LogP contribution is 2.34. The second-order valence-corrected chi connectivity index (χ2v) is 4.54. The maximum atomic E-state index is 11.8. The van der Waals surface area contributed by atoms with Gasteiger partial charge >= 0.3 is 5.63 Å². The van der Waals surface area contributed by atoms with Gasteiger partial charge in [0.15, 0.2) is 0 Å². The van der Waals surface area contributed by atoms with Crippen LogP contribution in [0.1, 0.15) is 5.56 Å². The third-order valence-electron chi connectivity index (χ3n) is 3.50. The normalized spacial score (nSPS) is 11.3. The smallest absolute Gasteiger partial charge is 0.354 e. The lowest BCUT2D eigenvalue weighted by atomic mass is 10.0. The van der Waals surface area contributed by atoms with E-state index in [4.69, 9.17) is 9.68 Å². The molecule has 0 radical (unpaired) electrons. The molecule has 4 rings (SSSR count). The standard InChI is InChI=1S/C16H7NO2/c17-8-12-7-11-4-3-9-1-2-10-5-6-13(19-16(12)18)15(11)14(9)10/h1-7H. The van der Waals surface area contributed by atoms with Gasteiger partial charge in [-0.1, -0.05) is 30.3 Å². The number of hydrogen-bond donors (Lipinski definition) is 0. The topological polar surface area (TPSA) is 54.0 Å². The van der Waals surface area contributed by atoms with E-state index in [1.54, 1.807) is 12.1 Å². The summed E-state index contributed by atoms with van der Waals surface area (Å²) in [6, 6.07) is 15.2. The molecule has 0 aliphatic rings. The van der Waals surface area contributed by atoms with Crippen LogP contribution in [0.2, 0.25) is 0 Å². The van der Waals surface area contributed by atoms with Crippen LogP contribution in [-0.4, -0.2) is 0 Å². The van der Waals surface area contributed by atoms with Crippen LogP contribution in [0.25, 0.3) is 32.5 Å². The Kier molecular flexibility index (Phi) is 1.77. The van der Waals surface area contributed by atoms with Crippen molar-refractivity contribution in [2.24, 2.45) is 0 Å². The summed E-state index contributed by atoms with van der Waals surface area (Å²) in [6.07, 6.45) is 0. The van der Waals surface area contributed by atoms with Crippen molar-refractivity contribution >= 4 is 32.5 Å². The van der Waals surface area contributed by atoms with Gasteiger partial charge in [0.05, 0.1) is 0 Å². The average Bonchev–Trinajstić information content (AvgIpc) is 2.78. The molecule has 3 nitrogen and oxygen atoms in total. The molecule has 0 aliphatic heterocycles. The molecule has 19 heavy (non-hydrogen) atoms. The van der Waals surface area contributed by atoms with Gasteiger partial charge in [0.1, 0.15) is 17.2 Å². The molecule has 0 saturated heterocycles. The summed E-state index contributed by atoms with van der Waals surface area (Å²) in [5.74, 6) is 0. The van der Waals surface area contributed by atoms with Crippen molar-refractivity contribution in [2.75, 3.05) is 0 Å². The molecule has 3 heteroatoms. The first-order valence-electron chi connectivity index (χ1n) is 5.90. The van der Waals surface area contributed by atoms with Crippen molar-refractivity contribution in [2.45, 2.75) is 0 Å². The second kappa shape index (κ2) is 3.33. The first-order chi connectivity index (χ1) is 9.28. The number of nitriles is 1.